The van der Waals surface area contributed by atoms with E-state index in [9.17, 15) is 9.59 Å². The Morgan fingerprint density at radius 3 is 2.65 bits per heavy atom. The number of hydrogen-bond acceptors (Lipinski definition) is 3. The summed E-state index contributed by atoms with van der Waals surface area (Å²) in [6, 6.07) is 9.71. The highest BCUT2D eigenvalue weighted by Crippen LogP contribution is 2.34. The molecule has 0 unspecified atom stereocenters. The first-order valence-corrected chi connectivity index (χ1v) is 6.84. The van der Waals surface area contributed by atoms with Crippen LogP contribution in [0.15, 0.2) is 30.3 Å². The molecule has 2 aliphatic rings. The number of anilines is 1. The Balaban J connectivity index is 1.70. The van der Waals surface area contributed by atoms with Crippen molar-refractivity contribution < 1.29 is 14.3 Å². The van der Waals surface area contributed by atoms with Gasteiger partial charge in [0, 0.05) is 38.3 Å². The number of benzene rings is 1. The molecule has 0 bridgehead atoms. The number of para-hydroxylation sites is 1. The molecule has 0 radical (unpaired) electrons. The fourth-order valence-corrected chi connectivity index (χ4v) is 3.12. The number of carbonyl (C=O) groups is 2. The molecular formula is C15H18N2O3. The summed E-state index contributed by atoms with van der Waals surface area (Å²) in [7, 11) is 1.51. The molecule has 2 heterocycles. The van der Waals surface area contributed by atoms with Crippen molar-refractivity contribution in [2.75, 3.05) is 38.3 Å². The Labute approximate surface area is 118 Å². The van der Waals surface area contributed by atoms with Crippen molar-refractivity contribution in [2.45, 2.75) is 0 Å². The molecule has 2 aliphatic heterocycles. The molecule has 106 valence electrons. The van der Waals surface area contributed by atoms with E-state index in [1.165, 1.54) is 7.11 Å². The van der Waals surface area contributed by atoms with Gasteiger partial charge in [0.15, 0.2) is 0 Å². The van der Waals surface area contributed by atoms with Crippen LogP contribution in [0.4, 0.5) is 5.69 Å². The molecule has 0 aliphatic carbocycles. The maximum Gasteiger partial charge on any atom is 0.248 e. The average molecular weight is 274 g/mol. The molecular weight excluding hydrogens is 256 g/mol. The van der Waals surface area contributed by atoms with Crippen LogP contribution in [0, 0.1) is 11.8 Å². The van der Waals surface area contributed by atoms with Crippen LogP contribution in [-0.4, -0.2) is 50.1 Å². The van der Waals surface area contributed by atoms with E-state index in [1.807, 2.05) is 35.2 Å². The quantitative estimate of drug-likeness (QED) is 0.817. The molecule has 1 aromatic rings. The summed E-state index contributed by atoms with van der Waals surface area (Å²) in [6.07, 6.45) is 0. The minimum atomic E-state index is -0.0592. The number of hydrogen-bond donors (Lipinski definition) is 0. The van der Waals surface area contributed by atoms with Crippen molar-refractivity contribution in [3.05, 3.63) is 30.3 Å². The van der Waals surface area contributed by atoms with Crippen LogP contribution in [0.3, 0.4) is 0 Å². The molecule has 2 saturated heterocycles. The summed E-state index contributed by atoms with van der Waals surface area (Å²) >= 11 is 0. The minimum absolute atomic E-state index is 0.0269. The number of fused-ring (bicyclic) bond motifs is 1. The van der Waals surface area contributed by atoms with Crippen molar-refractivity contribution in [3.63, 3.8) is 0 Å². The van der Waals surface area contributed by atoms with Crippen molar-refractivity contribution in [2.24, 2.45) is 11.8 Å². The minimum Gasteiger partial charge on any atom is -0.375 e. The molecule has 2 atom stereocenters. The maximum absolute atomic E-state index is 12.5. The monoisotopic (exact) mass is 274 g/mol. The summed E-state index contributed by atoms with van der Waals surface area (Å²) in [5.74, 6) is 0.286. The van der Waals surface area contributed by atoms with Crippen molar-refractivity contribution in [1.29, 1.82) is 0 Å². The number of rotatable bonds is 3. The van der Waals surface area contributed by atoms with E-state index >= 15 is 0 Å². The van der Waals surface area contributed by atoms with E-state index in [-0.39, 0.29) is 30.3 Å². The number of methoxy groups -OCH3 is 1. The Morgan fingerprint density at radius 2 is 2.00 bits per heavy atom. The zero-order chi connectivity index (χ0) is 14.1. The van der Waals surface area contributed by atoms with Crippen LogP contribution in [0.2, 0.25) is 0 Å². The Kier molecular flexibility index (Phi) is 3.44. The second-order valence-corrected chi connectivity index (χ2v) is 5.38. The third-order valence-electron chi connectivity index (χ3n) is 4.13. The number of likely N-dealkylation sites (tertiary alicyclic amines) is 1. The lowest BCUT2D eigenvalue weighted by Gasteiger charge is -2.21. The first kappa shape index (κ1) is 13.1. The Bertz CT molecular complexity index is 517. The summed E-state index contributed by atoms with van der Waals surface area (Å²) in [6.45, 7) is 1.97. The van der Waals surface area contributed by atoms with E-state index in [1.54, 1.807) is 4.90 Å². The molecule has 3 rings (SSSR count). The van der Waals surface area contributed by atoms with Gasteiger partial charge in [-0.15, -0.1) is 0 Å². The van der Waals surface area contributed by atoms with E-state index in [2.05, 4.69) is 0 Å². The third-order valence-corrected chi connectivity index (χ3v) is 4.13. The number of carbonyl (C=O) groups excluding carboxylic acids is 2. The van der Waals surface area contributed by atoms with Gasteiger partial charge < -0.3 is 14.5 Å². The highest BCUT2D eigenvalue weighted by atomic mass is 16.5. The predicted octanol–water partition coefficient (Wildman–Crippen LogP) is 0.754. The number of nitrogens with zero attached hydrogens (tertiary/aromatic N) is 2. The topological polar surface area (TPSA) is 49.9 Å². The molecule has 0 aromatic heterocycles. The molecule has 20 heavy (non-hydrogen) atoms. The highest BCUT2D eigenvalue weighted by Gasteiger charge is 2.47. The number of ether oxygens (including phenoxy) is 1. The van der Waals surface area contributed by atoms with Crippen LogP contribution >= 0.6 is 0 Å². The summed E-state index contributed by atoms with van der Waals surface area (Å²) in [4.78, 5) is 27.9. The van der Waals surface area contributed by atoms with Gasteiger partial charge in [-0.05, 0) is 12.1 Å². The maximum atomic E-state index is 12.5. The van der Waals surface area contributed by atoms with Crippen LogP contribution in [0.1, 0.15) is 0 Å². The van der Waals surface area contributed by atoms with Gasteiger partial charge in [-0.25, -0.2) is 0 Å². The SMILES string of the molecule is COCC(=O)N1C[C@H]2CN(c3ccccc3)C(=O)[C@H]2C1. The van der Waals surface area contributed by atoms with Gasteiger partial charge in [0.2, 0.25) is 11.8 Å². The van der Waals surface area contributed by atoms with E-state index < -0.39 is 0 Å². The van der Waals surface area contributed by atoms with Crippen LogP contribution in [0.5, 0.6) is 0 Å². The first-order chi connectivity index (χ1) is 9.70. The third kappa shape index (κ3) is 2.18. The second kappa shape index (κ2) is 5.25. The van der Waals surface area contributed by atoms with Gasteiger partial charge in [-0.2, -0.15) is 0 Å². The molecule has 0 spiro atoms. The van der Waals surface area contributed by atoms with Crippen LogP contribution in [0.25, 0.3) is 0 Å². The van der Waals surface area contributed by atoms with Gasteiger partial charge in [0.05, 0.1) is 5.92 Å². The zero-order valence-electron chi connectivity index (χ0n) is 11.5. The average Bonchev–Trinajstić information content (AvgIpc) is 3.00. The molecule has 0 N–H and O–H groups in total. The van der Waals surface area contributed by atoms with Crippen molar-refractivity contribution in [1.82, 2.24) is 4.90 Å². The standard InChI is InChI=1S/C15H18N2O3/c1-20-10-14(18)16-7-11-8-17(15(19)13(11)9-16)12-5-3-2-4-6-12/h2-6,11,13H,7-10H2,1H3/t11-,13-/m0/s1. The van der Waals surface area contributed by atoms with Gasteiger partial charge in [-0.3, -0.25) is 9.59 Å². The Hall–Kier alpha value is -1.88. The lowest BCUT2D eigenvalue weighted by molar-refractivity contribution is -0.134. The van der Waals surface area contributed by atoms with Crippen molar-refractivity contribution >= 4 is 17.5 Å². The summed E-state index contributed by atoms with van der Waals surface area (Å²) < 4.78 is 4.87. The molecule has 0 saturated carbocycles. The van der Waals surface area contributed by atoms with Crippen molar-refractivity contribution in [3.8, 4) is 0 Å². The van der Waals surface area contributed by atoms with Crippen LogP contribution in [-0.2, 0) is 14.3 Å². The smallest absolute Gasteiger partial charge is 0.248 e. The molecule has 5 nitrogen and oxygen atoms in total. The van der Waals surface area contributed by atoms with Gasteiger partial charge in [0.1, 0.15) is 6.61 Å². The number of amides is 2. The van der Waals surface area contributed by atoms with E-state index in [4.69, 9.17) is 4.74 Å². The predicted molar refractivity (Wildman–Crippen MR) is 74.2 cm³/mol. The van der Waals surface area contributed by atoms with Crippen LogP contribution < -0.4 is 4.90 Å². The molecule has 1 aromatic carbocycles. The lowest BCUT2D eigenvalue weighted by atomic mass is 10.0. The fraction of sp³-hybridized carbons (Fsp3) is 0.467. The largest absolute Gasteiger partial charge is 0.375 e. The van der Waals surface area contributed by atoms with Gasteiger partial charge in [0.25, 0.3) is 0 Å². The summed E-state index contributed by atoms with van der Waals surface area (Å²) in [5.41, 5.74) is 0.946. The van der Waals surface area contributed by atoms with E-state index in [0.29, 0.717) is 19.6 Å². The molecule has 2 amide bonds. The molecule has 2 fully saturated rings. The highest BCUT2D eigenvalue weighted by molar-refractivity contribution is 5.98. The van der Waals surface area contributed by atoms with Gasteiger partial charge >= 0.3 is 0 Å². The fourth-order valence-electron chi connectivity index (χ4n) is 3.12. The summed E-state index contributed by atoms with van der Waals surface area (Å²) in [5, 5.41) is 0. The first-order valence-electron chi connectivity index (χ1n) is 6.84. The van der Waals surface area contributed by atoms with E-state index in [0.717, 1.165) is 5.69 Å². The lowest BCUT2D eigenvalue weighted by Crippen LogP contribution is -2.37. The zero-order valence-corrected chi connectivity index (χ0v) is 11.5. The normalized spacial score (nSPS) is 25.1. The molecule has 5 heteroatoms. The second-order valence-electron chi connectivity index (χ2n) is 5.38. The van der Waals surface area contributed by atoms with Gasteiger partial charge in [-0.1, -0.05) is 18.2 Å². The Morgan fingerprint density at radius 1 is 1.25 bits per heavy atom.